The fourth-order valence-electron chi connectivity index (χ4n) is 1.57. The molecule has 19 heavy (non-hydrogen) atoms. The number of aryl methyl sites for hydroxylation is 1. The van der Waals surface area contributed by atoms with Crippen molar-refractivity contribution in [2.75, 3.05) is 7.11 Å². The molecule has 0 saturated heterocycles. The van der Waals surface area contributed by atoms with E-state index in [9.17, 15) is 0 Å². The number of benzene rings is 1. The average Bonchev–Trinajstić information content (AvgIpc) is 2.92. The molecule has 6 heteroatoms. The minimum absolute atomic E-state index is 0.0530. The summed E-state index contributed by atoms with van der Waals surface area (Å²) < 4.78 is 15.8. The third-order valence-electron chi connectivity index (χ3n) is 2.58. The van der Waals surface area contributed by atoms with Crippen molar-refractivity contribution in [3.63, 3.8) is 0 Å². The zero-order valence-electron chi connectivity index (χ0n) is 10.9. The van der Waals surface area contributed by atoms with Crippen molar-refractivity contribution in [2.45, 2.75) is 26.6 Å². The average molecular weight is 264 g/mol. The first-order chi connectivity index (χ1) is 9.26. The van der Waals surface area contributed by atoms with Crippen molar-refractivity contribution in [3.8, 4) is 11.5 Å². The number of nitrogens with zero attached hydrogens (tertiary/aromatic N) is 2. The zero-order valence-corrected chi connectivity index (χ0v) is 10.9. The number of aliphatic hydroxyl groups is 1. The van der Waals surface area contributed by atoms with Crippen LogP contribution < -0.4 is 9.47 Å². The van der Waals surface area contributed by atoms with Gasteiger partial charge in [-0.15, -0.1) is 0 Å². The summed E-state index contributed by atoms with van der Waals surface area (Å²) in [4.78, 5) is 4.15. The molecule has 0 unspecified atom stereocenters. The van der Waals surface area contributed by atoms with E-state index in [4.69, 9.17) is 19.1 Å². The van der Waals surface area contributed by atoms with E-state index in [1.807, 2.05) is 6.92 Å². The van der Waals surface area contributed by atoms with E-state index in [1.54, 1.807) is 25.3 Å². The smallest absolute Gasteiger partial charge is 0.226 e. The lowest BCUT2D eigenvalue weighted by atomic mass is 10.2. The zero-order chi connectivity index (χ0) is 13.7. The van der Waals surface area contributed by atoms with Crippen molar-refractivity contribution >= 4 is 0 Å². The number of hydrogen-bond acceptors (Lipinski definition) is 6. The van der Waals surface area contributed by atoms with Crippen LogP contribution >= 0.6 is 0 Å². The normalized spacial score (nSPS) is 10.5. The summed E-state index contributed by atoms with van der Waals surface area (Å²) >= 11 is 0. The minimum Gasteiger partial charge on any atom is -0.493 e. The highest BCUT2D eigenvalue weighted by molar-refractivity contribution is 5.42. The van der Waals surface area contributed by atoms with Gasteiger partial charge in [0.05, 0.1) is 13.7 Å². The molecule has 0 aliphatic heterocycles. The summed E-state index contributed by atoms with van der Waals surface area (Å²) in [7, 11) is 1.56. The van der Waals surface area contributed by atoms with E-state index in [0.29, 0.717) is 29.6 Å². The van der Waals surface area contributed by atoms with E-state index in [-0.39, 0.29) is 13.2 Å². The summed E-state index contributed by atoms with van der Waals surface area (Å²) in [5.41, 5.74) is 0.748. The van der Waals surface area contributed by atoms with Gasteiger partial charge in [0, 0.05) is 6.42 Å². The predicted octanol–water partition coefficient (Wildman–Crippen LogP) is 1.71. The molecule has 6 nitrogen and oxygen atoms in total. The van der Waals surface area contributed by atoms with Gasteiger partial charge in [0.1, 0.15) is 0 Å². The molecular weight excluding hydrogens is 248 g/mol. The second-order valence-electron chi connectivity index (χ2n) is 3.89. The lowest BCUT2D eigenvalue weighted by Gasteiger charge is -2.10. The summed E-state index contributed by atoms with van der Waals surface area (Å²) in [5.74, 6) is 2.19. The molecule has 0 bridgehead atoms. The second-order valence-corrected chi connectivity index (χ2v) is 3.89. The molecule has 0 aliphatic carbocycles. The summed E-state index contributed by atoms with van der Waals surface area (Å²) in [6.45, 7) is 2.07. The maximum Gasteiger partial charge on any atom is 0.226 e. The Morgan fingerprint density at radius 2 is 2.16 bits per heavy atom. The van der Waals surface area contributed by atoms with Gasteiger partial charge in [0.2, 0.25) is 11.7 Å². The highest BCUT2D eigenvalue weighted by atomic mass is 16.5. The molecule has 102 valence electrons. The van der Waals surface area contributed by atoms with Crippen molar-refractivity contribution in [1.82, 2.24) is 10.1 Å². The van der Waals surface area contributed by atoms with Crippen LogP contribution in [0.3, 0.4) is 0 Å². The Labute approximate surface area is 111 Å². The standard InChI is InChI=1S/C13H16N2O4/c1-3-13-14-12(15-19-13)8-18-11-6-9(7-16)4-5-10(11)17-2/h4-6,16H,3,7-8H2,1-2H3. The Morgan fingerprint density at radius 1 is 1.32 bits per heavy atom. The molecule has 2 aromatic rings. The molecular formula is C13H16N2O4. The van der Waals surface area contributed by atoms with Crippen LogP contribution in [0.5, 0.6) is 11.5 Å². The molecule has 0 radical (unpaired) electrons. The SMILES string of the molecule is CCc1nc(COc2cc(CO)ccc2OC)no1. The number of methoxy groups -OCH3 is 1. The molecule has 1 aromatic carbocycles. The quantitative estimate of drug-likeness (QED) is 0.855. The van der Waals surface area contributed by atoms with E-state index < -0.39 is 0 Å². The highest BCUT2D eigenvalue weighted by Gasteiger charge is 2.09. The Morgan fingerprint density at radius 3 is 2.79 bits per heavy atom. The molecule has 0 fully saturated rings. The van der Waals surface area contributed by atoms with Crippen LogP contribution in [-0.4, -0.2) is 22.4 Å². The van der Waals surface area contributed by atoms with Crippen molar-refractivity contribution in [2.24, 2.45) is 0 Å². The first-order valence-electron chi connectivity index (χ1n) is 5.98. The molecule has 0 saturated carbocycles. The Hall–Kier alpha value is -2.08. The maximum atomic E-state index is 9.11. The molecule has 1 aromatic heterocycles. The van der Waals surface area contributed by atoms with Gasteiger partial charge >= 0.3 is 0 Å². The molecule has 0 amide bonds. The monoisotopic (exact) mass is 264 g/mol. The number of aliphatic hydroxyl groups excluding tert-OH is 1. The number of hydrogen-bond donors (Lipinski definition) is 1. The Balaban J connectivity index is 2.09. The van der Waals surface area contributed by atoms with Crippen LogP contribution in [0.25, 0.3) is 0 Å². The topological polar surface area (TPSA) is 77.6 Å². The first-order valence-corrected chi connectivity index (χ1v) is 5.98. The van der Waals surface area contributed by atoms with Crippen LogP contribution in [0.2, 0.25) is 0 Å². The summed E-state index contributed by atoms with van der Waals surface area (Å²) in [6.07, 6.45) is 0.691. The van der Waals surface area contributed by atoms with Crippen LogP contribution in [-0.2, 0) is 19.6 Å². The van der Waals surface area contributed by atoms with E-state index in [2.05, 4.69) is 10.1 Å². The number of rotatable bonds is 6. The third-order valence-corrected chi connectivity index (χ3v) is 2.58. The van der Waals surface area contributed by atoms with Crippen molar-refractivity contribution < 1.29 is 19.1 Å². The molecule has 0 aliphatic rings. The van der Waals surface area contributed by atoms with Gasteiger partial charge in [-0.2, -0.15) is 4.98 Å². The van der Waals surface area contributed by atoms with Crippen LogP contribution in [0.4, 0.5) is 0 Å². The largest absolute Gasteiger partial charge is 0.493 e. The third kappa shape index (κ3) is 3.23. The van der Waals surface area contributed by atoms with Gasteiger partial charge in [-0.1, -0.05) is 18.1 Å². The van der Waals surface area contributed by atoms with E-state index in [0.717, 1.165) is 5.56 Å². The highest BCUT2D eigenvalue weighted by Crippen LogP contribution is 2.28. The van der Waals surface area contributed by atoms with Crippen LogP contribution in [0, 0.1) is 0 Å². The number of aromatic nitrogens is 2. The van der Waals surface area contributed by atoms with Crippen molar-refractivity contribution in [1.29, 1.82) is 0 Å². The molecule has 0 spiro atoms. The van der Waals surface area contributed by atoms with Gasteiger partial charge in [0.25, 0.3) is 0 Å². The molecule has 1 heterocycles. The fraction of sp³-hybridized carbons (Fsp3) is 0.385. The maximum absolute atomic E-state index is 9.11. The Kier molecular flexibility index (Phi) is 4.35. The fourth-order valence-corrected chi connectivity index (χ4v) is 1.57. The minimum atomic E-state index is -0.0530. The van der Waals surface area contributed by atoms with Gasteiger partial charge in [0.15, 0.2) is 18.1 Å². The first kappa shape index (κ1) is 13.4. The van der Waals surface area contributed by atoms with E-state index >= 15 is 0 Å². The lowest BCUT2D eigenvalue weighted by Crippen LogP contribution is -2.00. The van der Waals surface area contributed by atoms with Gasteiger partial charge in [-0.3, -0.25) is 0 Å². The van der Waals surface area contributed by atoms with Gasteiger partial charge in [-0.25, -0.2) is 0 Å². The lowest BCUT2D eigenvalue weighted by molar-refractivity contribution is 0.263. The molecule has 2 rings (SSSR count). The van der Waals surface area contributed by atoms with Gasteiger partial charge < -0.3 is 19.1 Å². The number of ether oxygens (including phenoxy) is 2. The van der Waals surface area contributed by atoms with Gasteiger partial charge in [-0.05, 0) is 17.7 Å². The summed E-state index contributed by atoms with van der Waals surface area (Å²) in [6, 6.07) is 5.24. The van der Waals surface area contributed by atoms with Crippen molar-refractivity contribution in [3.05, 3.63) is 35.5 Å². The Bertz CT molecular complexity index is 539. The molecule has 1 N–H and O–H groups in total. The van der Waals surface area contributed by atoms with E-state index in [1.165, 1.54) is 0 Å². The second kappa shape index (κ2) is 6.19. The molecule has 0 atom stereocenters. The predicted molar refractivity (Wildman–Crippen MR) is 66.9 cm³/mol. The summed E-state index contributed by atoms with van der Waals surface area (Å²) in [5, 5.41) is 12.9. The van der Waals surface area contributed by atoms with Crippen LogP contribution in [0.15, 0.2) is 22.7 Å². The van der Waals surface area contributed by atoms with Crippen LogP contribution in [0.1, 0.15) is 24.2 Å².